The summed E-state index contributed by atoms with van der Waals surface area (Å²) in [5.74, 6) is 0.0447. The van der Waals surface area contributed by atoms with Crippen LogP contribution in [0.15, 0.2) is 48.5 Å². The van der Waals surface area contributed by atoms with Crippen LogP contribution in [0.25, 0.3) is 11.1 Å². The molecule has 2 aliphatic heterocycles. The SMILES string of the molecule is C[C@H]1CCCN1CC1CCCN1C(=O)c1ccc(-c2ccc(C(F)(F)F)cc2)cc1. The van der Waals surface area contributed by atoms with Crippen molar-refractivity contribution in [2.75, 3.05) is 19.6 Å². The van der Waals surface area contributed by atoms with Gasteiger partial charge in [0, 0.05) is 30.7 Å². The highest BCUT2D eigenvalue weighted by atomic mass is 19.4. The fourth-order valence-corrected chi connectivity index (χ4v) is 4.65. The summed E-state index contributed by atoms with van der Waals surface area (Å²) in [6.45, 7) is 5.10. The minimum absolute atomic E-state index is 0.0447. The summed E-state index contributed by atoms with van der Waals surface area (Å²) in [7, 11) is 0. The molecule has 0 bridgehead atoms. The monoisotopic (exact) mass is 416 g/mol. The lowest BCUT2D eigenvalue weighted by Crippen LogP contribution is -2.44. The predicted molar refractivity (Wildman–Crippen MR) is 111 cm³/mol. The maximum absolute atomic E-state index is 13.1. The first-order valence-corrected chi connectivity index (χ1v) is 10.7. The van der Waals surface area contributed by atoms with Crippen LogP contribution in [0.3, 0.4) is 0 Å². The van der Waals surface area contributed by atoms with E-state index in [-0.39, 0.29) is 11.9 Å². The molecule has 2 atom stereocenters. The second-order valence-electron chi connectivity index (χ2n) is 8.43. The molecule has 2 saturated heterocycles. The minimum Gasteiger partial charge on any atom is -0.334 e. The van der Waals surface area contributed by atoms with Gasteiger partial charge in [-0.2, -0.15) is 13.2 Å². The number of hydrogen-bond donors (Lipinski definition) is 0. The average Bonchev–Trinajstić information content (AvgIpc) is 3.36. The second-order valence-corrected chi connectivity index (χ2v) is 8.43. The van der Waals surface area contributed by atoms with Crippen LogP contribution in [-0.2, 0) is 6.18 Å². The summed E-state index contributed by atoms with van der Waals surface area (Å²) >= 11 is 0. The lowest BCUT2D eigenvalue weighted by atomic mass is 10.0. The van der Waals surface area contributed by atoms with Crippen molar-refractivity contribution in [3.8, 4) is 11.1 Å². The van der Waals surface area contributed by atoms with E-state index in [1.165, 1.54) is 25.0 Å². The topological polar surface area (TPSA) is 23.6 Å². The molecule has 2 aliphatic rings. The highest BCUT2D eigenvalue weighted by molar-refractivity contribution is 5.95. The van der Waals surface area contributed by atoms with Gasteiger partial charge in [0.2, 0.25) is 0 Å². The molecule has 0 radical (unpaired) electrons. The summed E-state index contributed by atoms with van der Waals surface area (Å²) < 4.78 is 38.2. The lowest BCUT2D eigenvalue weighted by Gasteiger charge is -2.30. The number of carbonyl (C=O) groups excluding carboxylic acids is 1. The maximum Gasteiger partial charge on any atom is 0.416 e. The van der Waals surface area contributed by atoms with Gasteiger partial charge in [0.25, 0.3) is 5.91 Å². The number of amides is 1. The molecule has 0 aliphatic carbocycles. The molecule has 1 amide bonds. The largest absolute Gasteiger partial charge is 0.416 e. The molecule has 0 N–H and O–H groups in total. The van der Waals surface area contributed by atoms with E-state index in [1.54, 1.807) is 12.1 Å². The van der Waals surface area contributed by atoms with Crippen LogP contribution in [0.1, 0.15) is 48.5 Å². The van der Waals surface area contributed by atoms with E-state index in [9.17, 15) is 18.0 Å². The highest BCUT2D eigenvalue weighted by Crippen LogP contribution is 2.31. The third kappa shape index (κ3) is 4.38. The third-order valence-corrected chi connectivity index (χ3v) is 6.45. The number of carbonyl (C=O) groups is 1. The van der Waals surface area contributed by atoms with Crippen LogP contribution in [0.5, 0.6) is 0 Å². The van der Waals surface area contributed by atoms with Gasteiger partial charge in [0.1, 0.15) is 0 Å². The Morgan fingerprint density at radius 2 is 1.53 bits per heavy atom. The Morgan fingerprint density at radius 1 is 0.933 bits per heavy atom. The Kier molecular flexibility index (Phi) is 5.87. The van der Waals surface area contributed by atoms with Gasteiger partial charge < -0.3 is 4.90 Å². The zero-order valence-electron chi connectivity index (χ0n) is 17.2. The van der Waals surface area contributed by atoms with Gasteiger partial charge >= 0.3 is 6.18 Å². The second kappa shape index (κ2) is 8.42. The fourth-order valence-electron chi connectivity index (χ4n) is 4.65. The molecule has 2 aromatic carbocycles. The summed E-state index contributed by atoms with van der Waals surface area (Å²) in [5.41, 5.74) is 1.46. The zero-order valence-corrected chi connectivity index (χ0v) is 17.2. The Labute approximate surface area is 175 Å². The van der Waals surface area contributed by atoms with Crippen molar-refractivity contribution in [3.05, 3.63) is 59.7 Å². The van der Waals surface area contributed by atoms with E-state index in [0.717, 1.165) is 50.2 Å². The van der Waals surface area contributed by atoms with Crippen LogP contribution in [-0.4, -0.2) is 47.4 Å². The van der Waals surface area contributed by atoms with Crippen LogP contribution in [0, 0.1) is 0 Å². The van der Waals surface area contributed by atoms with Gasteiger partial charge in [-0.15, -0.1) is 0 Å². The highest BCUT2D eigenvalue weighted by Gasteiger charge is 2.33. The lowest BCUT2D eigenvalue weighted by molar-refractivity contribution is -0.137. The first-order chi connectivity index (χ1) is 14.3. The van der Waals surface area contributed by atoms with E-state index < -0.39 is 11.7 Å². The van der Waals surface area contributed by atoms with Gasteiger partial charge in [0.05, 0.1) is 5.56 Å². The average molecular weight is 416 g/mol. The molecule has 4 rings (SSSR count). The molecule has 3 nitrogen and oxygen atoms in total. The van der Waals surface area contributed by atoms with Gasteiger partial charge in [-0.25, -0.2) is 0 Å². The van der Waals surface area contributed by atoms with Gasteiger partial charge in [-0.05, 0) is 74.5 Å². The minimum atomic E-state index is -4.34. The summed E-state index contributed by atoms with van der Waals surface area (Å²) in [5, 5.41) is 0. The first kappa shape index (κ1) is 20.9. The van der Waals surface area contributed by atoms with E-state index in [0.29, 0.717) is 17.2 Å². The molecular formula is C24H27F3N2O. The van der Waals surface area contributed by atoms with Crippen molar-refractivity contribution >= 4 is 5.91 Å². The number of benzene rings is 2. The number of nitrogens with zero attached hydrogens (tertiary/aromatic N) is 2. The number of hydrogen-bond acceptors (Lipinski definition) is 2. The maximum atomic E-state index is 13.1. The van der Waals surface area contributed by atoms with E-state index in [4.69, 9.17) is 0 Å². The number of halogens is 3. The molecule has 160 valence electrons. The van der Waals surface area contributed by atoms with Crippen LogP contribution in [0.2, 0.25) is 0 Å². The Morgan fingerprint density at radius 3 is 2.10 bits per heavy atom. The summed E-state index contributed by atoms with van der Waals surface area (Å²) in [6.07, 6.45) is 0.189. The van der Waals surface area contributed by atoms with Crippen LogP contribution < -0.4 is 0 Å². The van der Waals surface area contributed by atoms with Crippen LogP contribution >= 0.6 is 0 Å². The van der Waals surface area contributed by atoms with Crippen molar-refractivity contribution in [3.63, 3.8) is 0 Å². The van der Waals surface area contributed by atoms with Crippen LogP contribution in [0.4, 0.5) is 13.2 Å². The predicted octanol–water partition coefficient (Wildman–Crippen LogP) is 5.46. The molecule has 0 aromatic heterocycles. The number of alkyl halides is 3. The normalized spacial score (nSPS) is 22.6. The third-order valence-electron chi connectivity index (χ3n) is 6.45. The fraction of sp³-hybridized carbons (Fsp3) is 0.458. The van der Waals surface area contributed by atoms with E-state index in [2.05, 4.69) is 11.8 Å². The van der Waals surface area contributed by atoms with Crippen molar-refractivity contribution in [2.45, 2.75) is 50.9 Å². The van der Waals surface area contributed by atoms with Gasteiger partial charge in [-0.3, -0.25) is 9.69 Å². The molecule has 0 saturated carbocycles. The van der Waals surface area contributed by atoms with Gasteiger partial charge in [-0.1, -0.05) is 24.3 Å². The van der Waals surface area contributed by atoms with Gasteiger partial charge in [0.15, 0.2) is 0 Å². The zero-order chi connectivity index (χ0) is 21.3. The van der Waals surface area contributed by atoms with E-state index in [1.807, 2.05) is 17.0 Å². The first-order valence-electron chi connectivity index (χ1n) is 10.7. The standard InChI is InChI=1S/C24H27F3N2O/c1-17-4-2-14-28(17)16-22-5-3-15-29(22)23(30)20-8-6-18(7-9-20)19-10-12-21(13-11-19)24(25,26)27/h6-13,17,22H,2-5,14-16H2,1H3/t17-,22?/m0/s1. The van der Waals surface area contributed by atoms with Crippen molar-refractivity contribution in [2.24, 2.45) is 0 Å². The number of rotatable bonds is 4. The molecule has 6 heteroatoms. The van der Waals surface area contributed by atoms with Crippen molar-refractivity contribution in [1.29, 1.82) is 0 Å². The molecular weight excluding hydrogens is 389 g/mol. The molecule has 1 unspecified atom stereocenters. The Balaban J connectivity index is 1.44. The molecule has 2 heterocycles. The molecule has 0 spiro atoms. The van der Waals surface area contributed by atoms with E-state index >= 15 is 0 Å². The molecule has 2 fully saturated rings. The quantitative estimate of drug-likeness (QED) is 0.661. The Bertz CT molecular complexity index is 877. The molecule has 2 aromatic rings. The molecule has 30 heavy (non-hydrogen) atoms. The summed E-state index contributed by atoms with van der Waals surface area (Å²) in [4.78, 5) is 17.6. The smallest absolute Gasteiger partial charge is 0.334 e. The number of likely N-dealkylation sites (tertiary alicyclic amines) is 2. The van der Waals surface area contributed by atoms with Crippen molar-refractivity contribution in [1.82, 2.24) is 9.80 Å². The Hall–Kier alpha value is -2.34. The summed E-state index contributed by atoms with van der Waals surface area (Å²) in [6, 6.07) is 13.1. The van der Waals surface area contributed by atoms with Crippen molar-refractivity contribution < 1.29 is 18.0 Å².